The average molecular weight is 496 g/mol. The first-order chi connectivity index (χ1) is 16.6. The molecule has 7 nitrogen and oxygen atoms in total. The largest absolute Gasteiger partial charge is 0.494 e. The summed E-state index contributed by atoms with van der Waals surface area (Å²) in [4.78, 5) is 18.3. The molecule has 9 heteroatoms. The summed E-state index contributed by atoms with van der Waals surface area (Å²) in [6.07, 6.45) is 0.513. The summed E-state index contributed by atoms with van der Waals surface area (Å²) in [6.45, 7) is 2.05. The molecule has 3 aromatic carbocycles. The second kappa shape index (κ2) is 9.52. The third-order valence-corrected chi connectivity index (χ3v) is 7.02. The van der Waals surface area contributed by atoms with E-state index in [1.165, 1.54) is 19.2 Å². The lowest BCUT2D eigenvalue weighted by Crippen LogP contribution is -2.29. The molecule has 0 aliphatic heterocycles. The Labute approximate surface area is 203 Å². The van der Waals surface area contributed by atoms with Crippen LogP contribution in [0.3, 0.4) is 0 Å². The van der Waals surface area contributed by atoms with Gasteiger partial charge < -0.3 is 14.6 Å². The Morgan fingerprint density at radius 2 is 1.77 bits per heavy atom. The maximum atomic E-state index is 14.9. The molecule has 0 unspecified atom stereocenters. The Hall–Kier alpha value is -3.69. The molecule has 1 amide bonds. The number of primary sulfonamides is 1. The molecular weight excluding hydrogens is 469 g/mol. The van der Waals surface area contributed by atoms with Gasteiger partial charge in [0.05, 0.1) is 12.0 Å². The van der Waals surface area contributed by atoms with E-state index >= 15 is 0 Å². The molecule has 1 aromatic heterocycles. The number of aromatic amines is 1. The molecule has 0 bridgehead atoms. The van der Waals surface area contributed by atoms with Crippen molar-refractivity contribution in [2.45, 2.75) is 18.2 Å². The number of hydrogen-bond acceptors (Lipinski definition) is 4. The van der Waals surface area contributed by atoms with Crippen molar-refractivity contribution in [2.24, 2.45) is 5.14 Å². The highest BCUT2D eigenvalue weighted by atomic mass is 32.2. The number of nitrogens with zero attached hydrogens (tertiary/aromatic N) is 1. The van der Waals surface area contributed by atoms with Gasteiger partial charge in [0.2, 0.25) is 10.0 Å². The highest BCUT2D eigenvalue weighted by molar-refractivity contribution is 7.89. The summed E-state index contributed by atoms with van der Waals surface area (Å²) in [5.41, 5.74) is 3.63. The molecule has 0 aliphatic rings. The number of rotatable bonds is 7. The van der Waals surface area contributed by atoms with Crippen LogP contribution in [-0.4, -0.2) is 44.9 Å². The van der Waals surface area contributed by atoms with Gasteiger partial charge >= 0.3 is 0 Å². The van der Waals surface area contributed by atoms with E-state index < -0.39 is 15.8 Å². The molecule has 0 atom stereocenters. The molecule has 182 valence electrons. The molecule has 0 saturated heterocycles. The number of methoxy groups -OCH3 is 1. The molecule has 0 aliphatic carbocycles. The highest BCUT2D eigenvalue weighted by Gasteiger charge is 2.24. The summed E-state index contributed by atoms with van der Waals surface area (Å²) < 4.78 is 42.9. The second-order valence-electron chi connectivity index (χ2n) is 8.34. The van der Waals surface area contributed by atoms with Gasteiger partial charge in [-0.05, 0) is 54.3 Å². The zero-order valence-electron chi connectivity index (χ0n) is 19.6. The first-order valence-electron chi connectivity index (χ1n) is 10.9. The average Bonchev–Trinajstić information content (AvgIpc) is 3.22. The number of nitrogens with one attached hydrogen (secondary N) is 1. The van der Waals surface area contributed by atoms with E-state index in [4.69, 9.17) is 9.88 Å². The van der Waals surface area contributed by atoms with Crippen LogP contribution in [0.15, 0.2) is 65.6 Å². The number of halogens is 1. The molecule has 4 aromatic rings. The highest BCUT2D eigenvalue weighted by Crippen LogP contribution is 2.37. The van der Waals surface area contributed by atoms with E-state index in [-0.39, 0.29) is 16.6 Å². The lowest BCUT2D eigenvalue weighted by molar-refractivity contribution is 0.0792. The topological polar surface area (TPSA) is 105 Å². The van der Waals surface area contributed by atoms with Gasteiger partial charge in [-0.1, -0.05) is 36.4 Å². The Morgan fingerprint density at radius 3 is 2.43 bits per heavy atom. The number of fused-ring (bicyclic) bond motifs is 1. The Kier molecular flexibility index (Phi) is 6.64. The Balaban J connectivity index is 1.66. The number of sulfonamides is 1. The van der Waals surface area contributed by atoms with E-state index in [2.05, 4.69) is 4.98 Å². The maximum Gasteiger partial charge on any atom is 0.270 e. The van der Waals surface area contributed by atoms with Crippen LogP contribution >= 0.6 is 0 Å². The fourth-order valence-electron chi connectivity index (χ4n) is 4.11. The normalized spacial score (nSPS) is 11.6. The number of hydrogen-bond donors (Lipinski definition) is 2. The molecule has 4 rings (SSSR count). The third kappa shape index (κ3) is 4.78. The fourth-order valence-corrected chi connectivity index (χ4v) is 4.62. The van der Waals surface area contributed by atoms with Gasteiger partial charge in [-0.25, -0.2) is 17.9 Å². The van der Waals surface area contributed by atoms with Gasteiger partial charge in [0, 0.05) is 30.1 Å². The summed E-state index contributed by atoms with van der Waals surface area (Å²) in [5.74, 6) is -0.567. The van der Waals surface area contributed by atoms with Crippen molar-refractivity contribution < 1.29 is 22.3 Å². The van der Waals surface area contributed by atoms with E-state index in [0.717, 1.165) is 16.5 Å². The number of nitrogens with two attached hydrogens (primary N) is 1. The van der Waals surface area contributed by atoms with Crippen LogP contribution in [-0.2, 0) is 16.4 Å². The number of likely N-dealkylation sites (N-methyl/N-ethyl adjacent to an activating group) is 1. The van der Waals surface area contributed by atoms with Crippen molar-refractivity contribution in [3.05, 3.63) is 83.3 Å². The molecule has 0 radical (unpaired) electrons. The molecule has 0 spiro atoms. The van der Waals surface area contributed by atoms with Crippen molar-refractivity contribution in [2.75, 3.05) is 20.7 Å². The first kappa shape index (κ1) is 24.4. The van der Waals surface area contributed by atoms with Crippen molar-refractivity contribution in [3.8, 4) is 16.9 Å². The van der Waals surface area contributed by atoms with Crippen LogP contribution in [0.5, 0.6) is 5.75 Å². The van der Waals surface area contributed by atoms with Crippen LogP contribution < -0.4 is 9.88 Å². The van der Waals surface area contributed by atoms with E-state index in [9.17, 15) is 17.6 Å². The van der Waals surface area contributed by atoms with Crippen LogP contribution in [0.2, 0.25) is 0 Å². The molecule has 0 fully saturated rings. The SMILES string of the molecule is COc1ccc(-c2c(C(=O)N(C)CCc3ccc(S(N)(=O)=O)cc3)[nH]c3ccccc23)c(C)c1F. The Bertz CT molecular complexity index is 1510. The summed E-state index contributed by atoms with van der Waals surface area (Å²) >= 11 is 0. The monoisotopic (exact) mass is 495 g/mol. The van der Waals surface area contributed by atoms with Crippen molar-refractivity contribution >= 4 is 26.8 Å². The minimum absolute atomic E-state index is 0.0375. The molecule has 35 heavy (non-hydrogen) atoms. The van der Waals surface area contributed by atoms with E-state index in [1.54, 1.807) is 43.1 Å². The Morgan fingerprint density at radius 1 is 1.09 bits per heavy atom. The zero-order chi connectivity index (χ0) is 25.3. The molecule has 1 heterocycles. The van der Waals surface area contributed by atoms with Crippen LogP contribution in [0.4, 0.5) is 4.39 Å². The first-order valence-corrected chi connectivity index (χ1v) is 12.5. The van der Waals surface area contributed by atoms with Crippen molar-refractivity contribution in [1.82, 2.24) is 9.88 Å². The maximum absolute atomic E-state index is 14.9. The number of benzene rings is 3. The molecule has 3 N–H and O–H groups in total. The number of aromatic nitrogens is 1. The summed E-state index contributed by atoms with van der Waals surface area (Å²) in [6, 6.07) is 17.1. The predicted octanol–water partition coefficient (Wildman–Crippen LogP) is 4.25. The van der Waals surface area contributed by atoms with Crippen molar-refractivity contribution in [3.63, 3.8) is 0 Å². The lowest BCUT2D eigenvalue weighted by Gasteiger charge is -2.18. The second-order valence-corrected chi connectivity index (χ2v) is 9.90. The fraction of sp³-hybridized carbons (Fsp3) is 0.192. The standard InChI is InChI=1S/C26H26FN3O4S/c1-16-19(12-13-22(34-3)24(16)27)23-20-6-4-5-7-21(20)29-25(23)26(31)30(2)15-14-17-8-10-18(11-9-17)35(28,32)33/h4-13,29H,14-15H2,1-3H3,(H2,28,32,33). The van der Waals surface area contributed by atoms with Gasteiger partial charge in [0.25, 0.3) is 5.91 Å². The molecule has 0 saturated carbocycles. The minimum atomic E-state index is -3.76. The lowest BCUT2D eigenvalue weighted by atomic mass is 9.96. The number of amides is 1. The number of carbonyl (C=O) groups is 1. The smallest absolute Gasteiger partial charge is 0.270 e. The predicted molar refractivity (Wildman–Crippen MR) is 133 cm³/mol. The van der Waals surface area contributed by atoms with Crippen LogP contribution in [0, 0.1) is 12.7 Å². The van der Waals surface area contributed by atoms with Crippen molar-refractivity contribution in [1.29, 1.82) is 0 Å². The third-order valence-electron chi connectivity index (χ3n) is 6.09. The number of para-hydroxylation sites is 1. The van der Waals surface area contributed by atoms with Gasteiger partial charge in [0.1, 0.15) is 5.69 Å². The summed E-state index contributed by atoms with van der Waals surface area (Å²) in [7, 11) is -0.654. The number of carbonyl (C=O) groups excluding carboxylic acids is 1. The minimum Gasteiger partial charge on any atom is -0.494 e. The number of H-pyrrole nitrogens is 1. The van der Waals surface area contributed by atoms with Gasteiger partial charge in [-0.3, -0.25) is 4.79 Å². The van der Waals surface area contributed by atoms with E-state index in [0.29, 0.717) is 35.3 Å². The molecular formula is C26H26FN3O4S. The quantitative estimate of drug-likeness (QED) is 0.400. The van der Waals surface area contributed by atoms with Gasteiger partial charge in [0.15, 0.2) is 11.6 Å². The number of ether oxygens (including phenoxy) is 1. The summed E-state index contributed by atoms with van der Waals surface area (Å²) in [5, 5.41) is 5.96. The van der Waals surface area contributed by atoms with Crippen LogP contribution in [0.1, 0.15) is 21.6 Å². The van der Waals surface area contributed by atoms with E-state index in [1.807, 2.05) is 24.3 Å². The van der Waals surface area contributed by atoms with Crippen LogP contribution in [0.25, 0.3) is 22.0 Å². The zero-order valence-corrected chi connectivity index (χ0v) is 20.4. The van der Waals surface area contributed by atoms with Gasteiger partial charge in [-0.15, -0.1) is 0 Å². The van der Waals surface area contributed by atoms with Gasteiger partial charge in [-0.2, -0.15) is 0 Å².